The lowest BCUT2D eigenvalue weighted by Gasteiger charge is -2.08. The molecule has 7 heteroatoms. The Balaban J connectivity index is 1.77. The highest BCUT2D eigenvalue weighted by atomic mass is 32.2. The second kappa shape index (κ2) is 9.78. The van der Waals surface area contributed by atoms with Gasteiger partial charge in [0.2, 0.25) is 0 Å². The van der Waals surface area contributed by atoms with E-state index in [1.807, 2.05) is 32.0 Å². The molecule has 0 fully saturated rings. The molecule has 27 heavy (non-hydrogen) atoms. The van der Waals surface area contributed by atoms with Crippen molar-refractivity contribution in [2.24, 2.45) is 0 Å². The lowest BCUT2D eigenvalue weighted by Crippen LogP contribution is -2.21. The molecule has 2 aromatic rings. The fourth-order valence-corrected chi connectivity index (χ4v) is 3.11. The maximum absolute atomic E-state index is 11.9. The topological polar surface area (TPSA) is 81.7 Å². The molecule has 0 aliphatic heterocycles. The van der Waals surface area contributed by atoms with Crippen LogP contribution in [0.4, 0.5) is 5.69 Å². The van der Waals surface area contributed by atoms with Gasteiger partial charge >= 0.3 is 11.9 Å². The molecule has 0 aromatic heterocycles. The Morgan fingerprint density at radius 2 is 1.74 bits per heavy atom. The van der Waals surface area contributed by atoms with Crippen LogP contribution in [0, 0.1) is 13.8 Å². The van der Waals surface area contributed by atoms with Crippen molar-refractivity contribution >= 4 is 35.3 Å². The number of rotatable bonds is 7. The standard InChI is InChI=1S/C20H21NO5S/c1-13-4-5-14(2)17(10-13)27-12-19(23)26-11-18(22)21-16-8-6-15(7-9-16)20(24)25-3/h4-10H,11-12H2,1-3H3,(H,21,22). The quantitative estimate of drug-likeness (QED) is 0.579. The van der Waals surface area contributed by atoms with Crippen LogP contribution in [-0.4, -0.2) is 37.3 Å². The van der Waals surface area contributed by atoms with Gasteiger partial charge in [0.15, 0.2) is 6.61 Å². The predicted octanol–water partition coefficient (Wildman–Crippen LogP) is 3.36. The Kier molecular flexibility index (Phi) is 7.43. The maximum atomic E-state index is 11.9. The van der Waals surface area contributed by atoms with Crippen molar-refractivity contribution in [3.63, 3.8) is 0 Å². The predicted molar refractivity (Wildman–Crippen MR) is 104 cm³/mol. The molecule has 0 aliphatic rings. The van der Waals surface area contributed by atoms with Gasteiger partial charge in [0.1, 0.15) is 0 Å². The highest BCUT2D eigenvalue weighted by Crippen LogP contribution is 2.23. The fourth-order valence-electron chi connectivity index (χ4n) is 2.19. The molecule has 1 N–H and O–H groups in total. The van der Waals surface area contributed by atoms with Crippen molar-refractivity contribution in [2.45, 2.75) is 18.7 Å². The molecule has 6 nitrogen and oxygen atoms in total. The molecule has 0 radical (unpaired) electrons. The van der Waals surface area contributed by atoms with E-state index in [1.165, 1.54) is 31.0 Å². The summed E-state index contributed by atoms with van der Waals surface area (Å²) >= 11 is 1.38. The summed E-state index contributed by atoms with van der Waals surface area (Å²) in [5.41, 5.74) is 3.08. The van der Waals surface area contributed by atoms with Crippen LogP contribution < -0.4 is 5.32 Å². The van der Waals surface area contributed by atoms with Crippen LogP contribution in [0.25, 0.3) is 0 Å². The number of esters is 2. The van der Waals surface area contributed by atoms with Gasteiger partial charge in [0.05, 0.1) is 18.4 Å². The minimum atomic E-state index is -0.461. The number of hydrogen-bond acceptors (Lipinski definition) is 6. The van der Waals surface area contributed by atoms with Gasteiger partial charge in [-0.25, -0.2) is 4.79 Å². The van der Waals surface area contributed by atoms with Crippen molar-refractivity contribution in [1.82, 2.24) is 0 Å². The second-order valence-corrected chi connectivity index (χ2v) is 6.85. The minimum Gasteiger partial charge on any atom is -0.465 e. The maximum Gasteiger partial charge on any atom is 0.337 e. The molecule has 0 aliphatic carbocycles. The first-order valence-corrected chi connectivity index (χ1v) is 9.21. The van der Waals surface area contributed by atoms with E-state index in [1.54, 1.807) is 12.1 Å². The first-order chi connectivity index (χ1) is 12.9. The van der Waals surface area contributed by atoms with Crippen molar-refractivity contribution in [3.05, 3.63) is 59.2 Å². The summed E-state index contributed by atoms with van der Waals surface area (Å²) < 4.78 is 9.61. The molecule has 2 aromatic carbocycles. The third-order valence-corrected chi connectivity index (χ3v) is 4.77. The number of methoxy groups -OCH3 is 1. The molecule has 0 saturated heterocycles. The lowest BCUT2D eigenvalue weighted by molar-refractivity contribution is -0.144. The Morgan fingerprint density at radius 3 is 2.41 bits per heavy atom. The highest BCUT2D eigenvalue weighted by Gasteiger charge is 2.10. The third-order valence-electron chi connectivity index (χ3n) is 3.64. The van der Waals surface area contributed by atoms with Crippen LogP contribution >= 0.6 is 11.8 Å². The van der Waals surface area contributed by atoms with Crippen molar-refractivity contribution in [2.75, 3.05) is 24.8 Å². The molecule has 1 amide bonds. The largest absolute Gasteiger partial charge is 0.465 e. The fraction of sp³-hybridized carbons (Fsp3) is 0.250. The van der Waals surface area contributed by atoms with Gasteiger partial charge in [-0.2, -0.15) is 0 Å². The molecule has 0 atom stereocenters. The van der Waals surface area contributed by atoms with Gasteiger partial charge in [0.25, 0.3) is 5.91 Å². The van der Waals surface area contributed by atoms with Crippen molar-refractivity contribution in [1.29, 1.82) is 0 Å². The number of benzene rings is 2. The van der Waals surface area contributed by atoms with Gasteiger partial charge in [-0.1, -0.05) is 17.7 Å². The molecular formula is C20H21NO5S. The van der Waals surface area contributed by atoms with Crippen LogP contribution in [0.15, 0.2) is 47.4 Å². The summed E-state index contributed by atoms with van der Waals surface area (Å²) in [5.74, 6) is -1.24. The average Bonchev–Trinajstić information content (AvgIpc) is 2.67. The monoisotopic (exact) mass is 387 g/mol. The van der Waals surface area contributed by atoms with E-state index >= 15 is 0 Å². The van der Waals surface area contributed by atoms with E-state index in [2.05, 4.69) is 10.1 Å². The van der Waals surface area contributed by atoms with Gasteiger partial charge in [-0.05, 0) is 49.7 Å². The van der Waals surface area contributed by atoms with Gasteiger partial charge in [0, 0.05) is 10.6 Å². The van der Waals surface area contributed by atoms with Gasteiger partial charge < -0.3 is 14.8 Å². The number of carbonyl (C=O) groups is 3. The zero-order chi connectivity index (χ0) is 19.8. The van der Waals surface area contributed by atoms with Crippen LogP contribution in [-0.2, 0) is 19.1 Å². The molecule has 2 rings (SSSR count). The van der Waals surface area contributed by atoms with E-state index in [4.69, 9.17) is 4.74 Å². The first kappa shape index (κ1) is 20.5. The smallest absolute Gasteiger partial charge is 0.337 e. The summed E-state index contributed by atoms with van der Waals surface area (Å²) in [4.78, 5) is 36.1. The average molecular weight is 387 g/mol. The minimum absolute atomic E-state index is 0.130. The summed E-state index contributed by atoms with van der Waals surface area (Å²) in [6, 6.07) is 12.2. The molecule has 142 valence electrons. The number of anilines is 1. The molecule has 0 unspecified atom stereocenters. The highest BCUT2D eigenvalue weighted by molar-refractivity contribution is 8.00. The summed E-state index contributed by atoms with van der Waals surface area (Å²) in [7, 11) is 1.30. The number of ether oxygens (including phenoxy) is 2. The van der Waals surface area contributed by atoms with E-state index in [9.17, 15) is 14.4 Å². The second-order valence-electron chi connectivity index (χ2n) is 5.84. The van der Waals surface area contributed by atoms with Crippen molar-refractivity contribution < 1.29 is 23.9 Å². The van der Waals surface area contributed by atoms with Crippen LogP contribution in [0.5, 0.6) is 0 Å². The molecule has 0 spiro atoms. The number of hydrogen-bond donors (Lipinski definition) is 1. The van der Waals surface area contributed by atoms with E-state index < -0.39 is 17.8 Å². The molecular weight excluding hydrogens is 366 g/mol. The van der Waals surface area contributed by atoms with Gasteiger partial charge in [-0.15, -0.1) is 11.8 Å². The van der Waals surface area contributed by atoms with E-state index in [-0.39, 0.29) is 12.4 Å². The molecule has 0 bridgehead atoms. The number of carbonyl (C=O) groups excluding carboxylic acids is 3. The normalized spacial score (nSPS) is 10.2. The van der Waals surface area contributed by atoms with Crippen LogP contribution in [0.2, 0.25) is 0 Å². The Labute approximate surface area is 162 Å². The van der Waals surface area contributed by atoms with Crippen LogP contribution in [0.3, 0.4) is 0 Å². The number of aryl methyl sites for hydroxylation is 2. The van der Waals surface area contributed by atoms with E-state index in [0.29, 0.717) is 11.3 Å². The zero-order valence-corrected chi connectivity index (χ0v) is 16.2. The van der Waals surface area contributed by atoms with Gasteiger partial charge in [-0.3, -0.25) is 9.59 Å². The summed E-state index contributed by atoms with van der Waals surface area (Å²) in [6.45, 7) is 3.60. The SMILES string of the molecule is COC(=O)c1ccc(NC(=O)COC(=O)CSc2cc(C)ccc2C)cc1. The van der Waals surface area contributed by atoms with Crippen LogP contribution in [0.1, 0.15) is 21.5 Å². The summed E-state index contributed by atoms with van der Waals surface area (Å²) in [5, 5.41) is 2.60. The van der Waals surface area contributed by atoms with Crippen molar-refractivity contribution in [3.8, 4) is 0 Å². The lowest BCUT2D eigenvalue weighted by atomic mass is 10.2. The molecule has 0 saturated carbocycles. The number of amides is 1. The molecule has 0 heterocycles. The van der Waals surface area contributed by atoms with E-state index in [0.717, 1.165) is 16.0 Å². The Hall–Kier alpha value is -2.80. The Bertz CT molecular complexity index is 833. The summed E-state index contributed by atoms with van der Waals surface area (Å²) in [6.07, 6.45) is 0. The Morgan fingerprint density at radius 1 is 1.04 bits per heavy atom. The first-order valence-electron chi connectivity index (χ1n) is 8.23. The number of nitrogens with one attached hydrogen (secondary N) is 1. The zero-order valence-electron chi connectivity index (χ0n) is 15.4. The third kappa shape index (κ3) is 6.45. The number of thioether (sulfide) groups is 1.